The van der Waals surface area contributed by atoms with Gasteiger partial charge in [0.25, 0.3) is 0 Å². The molecule has 6 heteroatoms. The lowest BCUT2D eigenvalue weighted by Crippen LogP contribution is -2.39. The molecule has 3 N–H and O–H groups in total. The number of carbonyl (C=O) groups is 1. The maximum atomic E-state index is 12.3. The molecule has 2 unspecified atom stereocenters. The maximum Gasteiger partial charge on any atom is 0.316 e. The van der Waals surface area contributed by atoms with Crippen LogP contribution in [0, 0.1) is 5.41 Å². The Hall–Kier alpha value is -2.18. The van der Waals surface area contributed by atoms with Crippen LogP contribution in [0.1, 0.15) is 59.6 Å². The van der Waals surface area contributed by atoms with E-state index in [1.807, 2.05) is 20.8 Å². The van der Waals surface area contributed by atoms with Crippen molar-refractivity contribution in [2.24, 2.45) is 5.41 Å². The van der Waals surface area contributed by atoms with Crippen LogP contribution in [0.25, 0.3) is 10.9 Å². The van der Waals surface area contributed by atoms with Crippen LogP contribution in [0.4, 0.5) is 0 Å². The van der Waals surface area contributed by atoms with Gasteiger partial charge in [0, 0.05) is 23.5 Å². The number of aliphatic hydroxyl groups is 1. The van der Waals surface area contributed by atoms with E-state index < -0.39 is 17.5 Å². The van der Waals surface area contributed by atoms with Crippen LogP contribution in [0.2, 0.25) is 0 Å². The van der Waals surface area contributed by atoms with Gasteiger partial charge in [-0.25, -0.2) is 0 Å². The van der Waals surface area contributed by atoms with E-state index in [1.165, 1.54) is 6.07 Å². The van der Waals surface area contributed by atoms with Gasteiger partial charge in [-0.05, 0) is 44.9 Å². The number of fused-ring (bicyclic) bond motifs is 1. The first kappa shape index (κ1) is 21.1. The summed E-state index contributed by atoms with van der Waals surface area (Å²) < 4.78 is 5.53. The summed E-state index contributed by atoms with van der Waals surface area (Å²) in [6, 6.07) is 6.53. The van der Waals surface area contributed by atoms with Crippen LogP contribution in [0.15, 0.2) is 29.1 Å². The molecule has 0 spiro atoms. The third-order valence-electron chi connectivity index (χ3n) is 4.39. The molecule has 0 aliphatic rings. The van der Waals surface area contributed by atoms with E-state index in [2.05, 4.69) is 10.3 Å². The fraction of sp³-hybridized carbons (Fsp3) is 0.524. The Bertz CT molecular complexity index is 865. The van der Waals surface area contributed by atoms with Crippen molar-refractivity contribution in [1.29, 1.82) is 0 Å². The molecule has 1 aromatic heterocycles. The molecule has 2 aromatic rings. The van der Waals surface area contributed by atoms with Crippen molar-refractivity contribution in [1.82, 2.24) is 10.3 Å². The summed E-state index contributed by atoms with van der Waals surface area (Å²) in [6.45, 7) is 11.4. The summed E-state index contributed by atoms with van der Waals surface area (Å²) in [4.78, 5) is 26.9. The molecule has 0 saturated carbocycles. The highest BCUT2D eigenvalue weighted by Gasteiger charge is 2.26. The molecular formula is C21H30N2O4. The minimum absolute atomic E-state index is 0.136. The quantitative estimate of drug-likeness (QED) is 0.533. The average Bonchev–Trinajstić information content (AvgIpc) is 2.58. The fourth-order valence-corrected chi connectivity index (χ4v) is 2.92. The lowest BCUT2D eigenvalue weighted by molar-refractivity contribution is -0.142. The molecule has 2 atom stereocenters. The molecule has 1 aromatic carbocycles. The number of esters is 1. The average molecular weight is 374 g/mol. The molecule has 148 valence electrons. The fourth-order valence-electron chi connectivity index (χ4n) is 2.92. The zero-order valence-electron chi connectivity index (χ0n) is 16.9. The topological polar surface area (TPSA) is 91.4 Å². The molecule has 0 fully saturated rings. The number of carbonyl (C=O) groups excluding carboxylic acids is 1. The van der Waals surface area contributed by atoms with Gasteiger partial charge in [-0.2, -0.15) is 0 Å². The number of aliphatic hydroxyl groups excluding tert-OH is 1. The number of hydrogen-bond donors (Lipinski definition) is 3. The molecule has 0 bridgehead atoms. The highest BCUT2D eigenvalue weighted by Crippen LogP contribution is 2.32. The first-order chi connectivity index (χ1) is 12.5. The van der Waals surface area contributed by atoms with E-state index >= 15 is 0 Å². The Labute approximate surface area is 159 Å². The van der Waals surface area contributed by atoms with Gasteiger partial charge in [-0.1, -0.05) is 26.8 Å². The Morgan fingerprint density at radius 3 is 2.44 bits per heavy atom. The molecule has 0 amide bonds. The summed E-state index contributed by atoms with van der Waals surface area (Å²) >= 11 is 0. The zero-order valence-corrected chi connectivity index (χ0v) is 16.9. The molecule has 6 nitrogen and oxygen atoms in total. The molecule has 0 radical (unpaired) electrons. The first-order valence-corrected chi connectivity index (χ1v) is 9.37. The van der Waals surface area contributed by atoms with Crippen molar-refractivity contribution in [3.8, 4) is 5.75 Å². The van der Waals surface area contributed by atoms with Gasteiger partial charge in [0.05, 0.1) is 17.0 Å². The number of rotatable bonds is 6. The highest BCUT2D eigenvalue weighted by atomic mass is 16.5. The molecule has 0 saturated heterocycles. The van der Waals surface area contributed by atoms with Crippen LogP contribution in [-0.2, 0) is 4.79 Å². The third-order valence-corrected chi connectivity index (χ3v) is 4.39. The molecular weight excluding hydrogens is 344 g/mol. The Balaban J connectivity index is 2.53. The van der Waals surface area contributed by atoms with Gasteiger partial charge in [-0.3, -0.25) is 9.59 Å². The summed E-state index contributed by atoms with van der Waals surface area (Å²) in [7, 11) is 0. The predicted octanol–water partition coefficient (Wildman–Crippen LogP) is 3.29. The van der Waals surface area contributed by atoms with Crippen LogP contribution in [0.3, 0.4) is 0 Å². The smallest absolute Gasteiger partial charge is 0.316 e. The van der Waals surface area contributed by atoms with Gasteiger partial charge in [0.1, 0.15) is 0 Å². The molecule has 1 heterocycles. The third kappa shape index (κ3) is 4.96. The van der Waals surface area contributed by atoms with Crippen molar-refractivity contribution >= 4 is 16.9 Å². The monoisotopic (exact) mass is 374 g/mol. The molecule has 0 aliphatic heterocycles. The molecule has 2 rings (SSSR count). The van der Waals surface area contributed by atoms with Gasteiger partial charge in [0.2, 0.25) is 5.56 Å². The SMILES string of the molecule is CCC(NC(C)C)C(O)c1ccc(OC(=O)C(C)(C)C)c2[nH]c(=O)ccc12. The minimum Gasteiger partial charge on any atom is -0.424 e. The summed E-state index contributed by atoms with van der Waals surface area (Å²) in [5, 5.41) is 15.0. The number of nitrogens with one attached hydrogen (secondary N) is 2. The van der Waals surface area contributed by atoms with Gasteiger partial charge in [-0.15, -0.1) is 0 Å². The van der Waals surface area contributed by atoms with E-state index in [-0.39, 0.29) is 23.4 Å². The van der Waals surface area contributed by atoms with Gasteiger partial charge >= 0.3 is 5.97 Å². The van der Waals surface area contributed by atoms with Crippen LogP contribution >= 0.6 is 0 Å². The number of aromatic nitrogens is 1. The number of hydrogen-bond acceptors (Lipinski definition) is 5. The second-order valence-electron chi connectivity index (χ2n) is 8.18. The lowest BCUT2D eigenvalue weighted by atomic mass is 9.95. The predicted molar refractivity (Wildman–Crippen MR) is 107 cm³/mol. The summed E-state index contributed by atoms with van der Waals surface area (Å²) in [5.41, 5.74) is 0.121. The van der Waals surface area contributed by atoms with Crippen LogP contribution in [0.5, 0.6) is 5.75 Å². The second-order valence-corrected chi connectivity index (χ2v) is 8.18. The Kier molecular flexibility index (Phi) is 6.44. The van der Waals surface area contributed by atoms with Crippen molar-refractivity contribution < 1.29 is 14.6 Å². The normalized spacial score (nSPS) is 14.4. The van der Waals surface area contributed by atoms with E-state index in [1.54, 1.807) is 39.0 Å². The first-order valence-electron chi connectivity index (χ1n) is 9.37. The van der Waals surface area contributed by atoms with Crippen molar-refractivity contribution in [2.45, 2.75) is 66.2 Å². The summed E-state index contributed by atoms with van der Waals surface area (Å²) in [6.07, 6.45) is -0.0246. The number of benzene rings is 1. The maximum absolute atomic E-state index is 12.3. The Morgan fingerprint density at radius 2 is 1.89 bits per heavy atom. The van der Waals surface area contributed by atoms with Crippen molar-refractivity contribution in [3.05, 3.63) is 40.2 Å². The van der Waals surface area contributed by atoms with Crippen LogP contribution < -0.4 is 15.6 Å². The number of aromatic amines is 1. The number of H-pyrrole nitrogens is 1. The second kappa shape index (κ2) is 8.23. The Morgan fingerprint density at radius 1 is 1.22 bits per heavy atom. The van der Waals surface area contributed by atoms with Crippen LogP contribution in [-0.4, -0.2) is 28.1 Å². The van der Waals surface area contributed by atoms with E-state index in [0.29, 0.717) is 16.5 Å². The minimum atomic E-state index is -0.766. The lowest BCUT2D eigenvalue weighted by Gasteiger charge is -2.26. The standard InChI is InChI=1S/C21H30N2O4/c1-7-15(22-12(2)3)19(25)14-8-10-16(27-20(26)21(4,5)6)18-13(14)9-11-17(24)23-18/h8-12,15,19,22,25H,7H2,1-6H3,(H,23,24). The van der Waals surface area contributed by atoms with E-state index in [0.717, 1.165) is 6.42 Å². The van der Waals surface area contributed by atoms with Crippen molar-refractivity contribution in [2.75, 3.05) is 0 Å². The van der Waals surface area contributed by atoms with Gasteiger partial charge in [0.15, 0.2) is 5.75 Å². The highest BCUT2D eigenvalue weighted by molar-refractivity contribution is 5.90. The largest absolute Gasteiger partial charge is 0.424 e. The number of ether oxygens (including phenoxy) is 1. The summed E-state index contributed by atoms with van der Waals surface area (Å²) in [5.74, 6) is -0.113. The zero-order chi connectivity index (χ0) is 20.4. The van der Waals surface area contributed by atoms with E-state index in [4.69, 9.17) is 4.74 Å². The molecule has 27 heavy (non-hydrogen) atoms. The van der Waals surface area contributed by atoms with E-state index in [9.17, 15) is 14.7 Å². The molecule has 0 aliphatic carbocycles. The number of pyridine rings is 1. The van der Waals surface area contributed by atoms with Gasteiger partial charge < -0.3 is 20.1 Å². The van der Waals surface area contributed by atoms with Crippen molar-refractivity contribution in [3.63, 3.8) is 0 Å².